The molecule has 60 valence electrons. The number of rotatable bonds is 0. The topological polar surface area (TPSA) is 130 Å². The summed E-state index contributed by atoms with van der Waals surface area (Å²) >= 11 is 0. The molecule has 0 aromatic carbocycles. The SMILES string of the molecule is CC(=O)O.Cl.NO.NO. The minimum absolute atomic E-state index is 0. The lowest BCUT2D eigenvalue weighted by molar-refractivity contribution is -0.134. The first-order valence-corrected chi connectivity index (χ1v) is 1.44. The van der Waals surface area contributed by atoms with Gasteiger partial charge in [-0.15, -0.1) is 12.4 Å². The summed E-state index contributed by atoms with van der Waals surface area (Å²) < 4.78 is 0. The van der Waals surface area contributed by atoms with E-state index in [0.717, 1.165) is 6.92 Å². The van der Waals surface area contributed by atoms with Gasteiger partial charge >= 0.3 is 0 Å². The minimum Gasteiger partial charge on any atom is -0.481 e. The minimum atomic E-state index is -0.833. The lowest BCUT2D eigenvalue weighted by Gasteiger charge is -1.59. The quantitative estimate of drug-likeness (QED) is 0.296. The third-order valence-electron chi connectivity index (χ3n) is 0. The van der Waals surface area contributed by atoms with Gasteiger partial charge in [0.15, 0.2) is 0 Å². The Hall–Kier alpha value is -0.400. The third kappa shape index (κ3) is 1490. The molecule has 0 bridgehead atoms. The molecule has 0 unspecified atom stereocenters. The van der Waals surface area contributed by atoms with Gasteiger partial charge in [0.05, 0.1) is 0 Å². The average Bonchev–Trinajstić information content (AvgIpc) is 1.75. The highest BCUT2D eigenvalue weighted by atomic mass is 35.5. The molecule has 0 rings (SSSR count). The van der Waals surface area contributed by atoms with Crippen molar-refractivity contribution < 1.29 is 20.3 Å². The molecule has 7 N–H and O–H groups in total. The fourth-order valence-corrected chi connectivity index (χ4v) is 0. The zero-order valence-electron chi connectivity index (χ0n) is 4.81. The number of carboxylic acids is 1. The molecule has 0 aromatic heterocycles. The Balaban J connectivity index is -0.0000000221. The summed E-state index contributed by atoms with van der Waals surface area (Å²) in [5.41, 5.74) is 0. The Morgan fingerprint density at radius 2 is 1.22 bits per heavy atom. The van der Waals surface area contributed by atoms with Gasteiger partial charge in [-0.25, -0.2) is 11.8 Å². The Bertz CT molecular complexity index is 39.5. The van der Waals surface area contributed by atoms with Crippen LogP contribution in [0.25, 0.3) is 0 Å². The van der Waals surface area contributed by atoms with Gasteiger partial charge in [0.25, 0.3) is 5.97 Å². The maximum absolute atomic E-state index is 9.00. The molecular weight excluding hydrogens is 151 g/mol. The first-order chi connectivity index (χ1) is 3.73. The van der Waals surface area contributed by atoms with Gasteiger partial charge in [-0.3, -0.25) is 4.79 Å². The lowest BCUT2D eigenvalue weighted by atomic mass is 10.9. The first kappa shape index (κ1) is 23.5. The molecule has 0 aliphatic heterocycles. The normalized spacial score (nSPS) is 4.11. The zero-order valence-corrected chi connectivity index (χ0v) is 5.63. The molecule has 0 saturated heterocycles. The summed E-state index contributed by atoms with van der Waals surface area (Å²) in [5, 5.41) is 20.4. The molecule has 0 heterocycles. The molecule has 0 atom stereocenters. The van der Waals surface area contributed by atoms with Crippen LogP contribution in [-0.2, 0) is 4.79 Å². The predicted octanol–water partition coefficient (Wildman–Crippen LogP) is -0.819. The summed E-state index contributed by atoms with van der Waals surface area (Å²) in [5.74, 6) is 6.17. The molecule has 0 saturated carbocycles. The predicted molar refractivity (Wildman–Crippen MR) is 32.5 cm³/mol. The van der Waals surface area contributed by atoms with Crippen LogP contribution < -0.4 is 11.8 Å². The van der Waals surface area contributed by atoms with E-state index in [0.29, 0.717) is 0 Å². The van der Waals surface area contributed by atoms with Crippen LogP contribution in [0, 0.1) is 0 Å². The van der Waals surface area contributed by atoms with E-state index in [9.17, 15) is 0 Å². The summed E-state index contributed by atoms with van der Waals surface area (Å²) in [4.78, 5) is 9.00. The van der Waals surface area contributed by atoms with E-state index in [1.165, 1.54) is 0 Å². The Labute approximate surface area is 58.4 Å². The van der Waals surface area contributed by atoms with Gasteiger partial charge in [-0.2, -0.15) is 0 Å². The van der Waals surface area contributed by atoms with Crippen LogP contribution >= 0.6 is 12.4 Å². The van der Waals surface area contributed by atoms with Crippen LogP contribution in [0.5, 0.6) is 0 Å². The van der Waals surface area contributed by atoms with Crippen molar-refractivity contribution in [2.24, 2.45) is 11.8 Å². The van der Waals surface area contributed by atoms with Crippen molar-refractivity contribution in [2.45, 2.75) is 6.92 Å². The van der Waals surface area contributed by atoms with E-state index >= 15 is 0 Å². The lowest BCUT2D eigenvalue weighted by Crippen LogP contribution is -1.78. The van der Waals surface area contributed by atoms with E-state index in [-0.39, 0.29) is 12.4 Å². The molecule has 6 nitrogen and oxygen atoms in total. The van der Waals surface area contributed by atoms with E-state index in [2.05, 4.69) is 11.8 Å². The third-order valence-corrected chi connectivity index (χ3v) is 0. The van der Waals surface area contributed by atoms with Crippen molar-refractivity contribution in [3.8, 4) is 0 Å². The molecule has 0 aromatic rings. The molecule has 0 spiro atoms. The first-order valence-electron chi connectivity index (χ1n) is 1.44. The molecule has 0 fully saturated rings. The number of nitrogens with two attached hydrogens (primary N) is 2. The fraction of sp³-hybridized carbons (Fsp3) is 0.500. The van der Waals surface area contributed by atoms with Crippen molar-refractivity contribution in [2.75, 3.05) is 0 Å². The van der Waals surface area contributed by atoms with Crippen molar-refractivity contribution in [1.82, 2.24) is 0 Å². The van der Waals surface area contributed by atoms with Crippen LogP contribution in [0.3, 0.4) is 0 Å². The van der Waals surface area contributed by atoms with Gasteiger partial charge < -0.3 is 15.5 Å². The van der Waals surface area contributed by atoms with Crippen LogP contribution in [0.1, 0.15) is 6.92 Å². The highest BCUT2D eigenvalue weighted by molar-refractivity contribution is 5.85. The molecule has 0 amide bonds. The Morgan fingerprint density at radius 1 is 1.22 bits per heavy atom. The Kier molecular flexibility index (Phi) is 128. The second-order valence-corrected chi connectivity index (χ2v) is 0.519. The fourth-order valence-electron chi connectivity index (χ4n) is 0. The van der Waals surface area contributed by atoms with E-state index < -0.39 is 5.97 Å². The smallest absolute Gasteiger partial charge is 0.300 e. The van der Waals surface area contributed by atoms with Gasteiger partial charge in [0.1, 0.15) is 0 Å². The zero-order chi connectivity index (χ0) is 7.58. The maximum Gasteiger partial charge on any atom is 0.300 e. The summed E-state index contributed by atoms with van der Waals surface area (Å²) in [6.45, 7) is 1.08. The number of carbonyl (C=O) groups is 1. The van der Waals surface area contributed by atoms with Gasteiger partial charge in [0, 0.05) is 6.92 Å². The van der Waals surface area contributed by atoms with Gasteiger partial charge in [-0.05, 0) is 0 Å². The molecule has 0 radical (unpaired) electrons. The summed E-state index contributed by atoms with van der Waals surface area (Å²) in [7, 11) is 0. The van der Waals surface area contributed by atoms with Crippen LogP contribution in [0.15, 0.2) is 0 Å². The van der Waals surface area contributed by atoms with Crippen LogP contribution in [0.4, 0.5) is 0 Å². The number of halogens is 1. The highest BCUT2D eigenvalue weighted by Gasteiger charge is 1.65. The average molecular weight is 163 g/mol. The maximum atomic E-state index is 9.00. The Morgan fingerprint density at radius 3 is 1.22 bits per heavy atom. The largest absolute Gasteiger partial charge is 0.481 e. The number of carboxylic acid groups (broad SMARTS) is 1. The molecular formula is C2H11ClN2O4. The van der Waals surface area contributed by atoms with Gasteiger partial charge in [-0.1, -0.05) is 0 Å². The van der Waals surface area contributed by atoms with Crippen molar-refractivity contribution in [1.29, 1.82) is 0 Å². The second kappa shape index (κ2) is 49.0. The van der Waals surface area contributed by atoms with E-state index in [4.69, 9.17) is 20.3 Å². The second-order valence-electron chi connectivity index (χ2n) is 0.519. The monoisotopic (exact) mass is 162 g/mol. The number of hydrogen-bond acceptors (Lipinski definition) is 5. The highest BCUT2D eigenvalue weighted by Crippen LogP contribution is 1.42. The standard InChI is InChI=1S/C2H4O2.ClH.2H3NO/c1-2(3)4;;2*1-2/h1H3,(H,3,4);1H;2*2H,1H2. The van der Waals surface area contributed by atoms with Crippen LogP contribution in [-0.4, -0.2) is 21.5 Å². The summed E-state index contributed by atoms with van der Waals surface area (Å²) in [6.07, 6.45) is 0. The molecule has 0 aliphatic carbocycles. The van der Waals surface area contributed by atoms with E-state index in [1.807, 2.05) is 0 Å². The molecule has 0 aliphatic rings. The van der Waals surface area contributed by atoms with Crippen molar-refractivity contribution in [3.05, 3.63) is 0 Å². The van der Waals surface area contributed by atoms with Crippen molar-refractivity contribution >= 4 is 18.4 Å². The number of aliphatic carboxylic acids is 1. The number of hydrogen-bond donors (Lipinski definition) is 5. The van der Waals surface area contributed by atoms with Crippen molar-refractivity contribution in [3.63, 3.8) is 0 Å². The molecule has 9 heavy (non-hydrogen) atoms. The molecule has 7 heteroatoms. The summed E-state index contributed by atoms with van der Waals surface area (Å²) in [6, 6.07) is 0. The van der Waals surface area contributed by atoms with Gasteiger partial charge in [0.2, 0.25) is 0 Å². The van der Waals surface area contributed by atoms with E-state index in [1.54, 1.807) is 0 Å². The van der Waals surface area contributed by atoms with Crippen LogP contribution in [0.2, 0.25) is 0 Å².